The van der Waals surface area contributed by atoms with Crippen LogP contribution < -0.4 is 14.4 Å². The molecule has 11 heteroatoms. The van der Waals surface area contributed by atoms with Crippen LogP contribution in [0.15, 0.2) is 72.8 Å². The number of carbonyl (C=O) groups excluding carboxylic acids is 2. The number of halogens is 2. The molecule has 0 radical (unpaired) electrons. The number of anilines is 1. The second-order valence-electron chi connectivity index (χ2n) is 9.51. The van der Waals surface area contributed by atoms with Gasteiger partial charge in [0.2, 0.25) is 21.8 Å². The highest BCUT2D eigenvalue weighted by Crippen LogP contribution is 2.26. The van der Waals surface area contributed by atoms with Crippen molar-refractivity contribution in [3.63, 3.8) is 0 Å². The first-order chi connectivity index (χ1) is 19.5. The number of hydrogen-bond acceptors (Lipinski definition) is 5. The maximum atomic E-state index is 13.8. The summed E-state index contributed by atoms with van der Waals surface area (Å²) in [5.74, 6) is -0.0491. The Morgan fingerprint density at radius 2 is 1.68 bits per heavy atom. The zero-order chi connectivity index (χ0) is 30.0. The summed E-state index contributed by atoms with van der Waals surface area (Å²) in [4.78, 5) is 28.7. The molecular formula is C30H35Cl2N3O5S. The van der Waals surface area contributed by atoms with Crippen LogP contribution in [0.5, 0.6) is 5.75 Å². The van der Waals surface area contributed by atoms with Crippen molar-refractivity contribution in [3.05, 3.63) is 94.0 Å². The highest BCUT2D eigenvalue weighted by Gasteiger charge is 2.30. The average molecular weight is 621 g/mol. The fourth-order valence-corrected chi connectivity index (χ4v) is 5.73. The van der Waals surface area contributed by atoms with Crippen LogP contribution in [-0.4, -0.2) is 57.6 Å². The third-order valence-corrected chi connectivity index (χ3v) is 8.39. The second-order valence-corrected chi connectivity index (χ2v) is 12.2. The average Bonchev–Trinajstić information content (AvgIpc) is 2.94. The minimum absolute atomic E-state index is 0.0159. The lowest BCUT2D eigenvalue weighted by Crippen LogP contribution is -2.50. The Balaban J connectivity index is 1.88. The molecule has 0 fully saturated rings. The highest BCUT2D eigenvalue weighted by atomic mass is 35.5. The fraction of sp³-hybridized carbons (Fsp3) is 0.333. The molecule has 0 saturated carbocycles. The number of sulfonamides is 1. The molecule has 3 aromatic rings. The smallest absolute Gasteiger partial charge is 0.243 e. The fourth-order valence-electron chi connectivity index (χ4n) is 4.45. The van der Waals surface area contributed by atoms with E-state index in [1.54, 1.807) is 42.5 Å². The number of amides is 2. The van der Waals surface area contributed by atoms with Crippen molar-refractivity contribution in [2.75, 3.05) is 30.8 Å². The number of likely N-dealkylation sites (N-methyl/N-ethyl adjacent to an activating group) is 1. The minimum Gasteiger partial charge on any atom is -0.497 e. The standard InChI is InChI=1S/C30H35Cl2N3O5S/c1-4-33-30(37)28(19-22-10-6-5-7-11-22)34(21-23-15-16-26(31)27(32)18-23)29(36)14-9-17-35(41(3,38)39)24-12-8-13-25(20-24)40-2/h5-8,10-13,15-16,18,20,28H,4,9,14,17,19,21H2,1-3H3,(H,33,37). The molecule has 0 bridgehead atoms. The first kappa shape index (κ1) is 32.2. The van der Waals surface area contributed by atoms with Gasteiger partial charge in [-0.3, -0.25) is 13.9 Å². The molecule has 3 rings (SSSR count). The number of methoxy groups -OCH3 is 1. The van der Waals surface area contributed by atoms with Crippen molar-refractivity contribution in [3.8, 4) is 5.75 Å². The summed E-state index contributed by atoms with van der Waals surface area (Å²) in [6.45, 7) is 2.42. The molecule has 8 nitrogen and oxygen atoms in total. The van der Waals surface area contributed by atoms with Gasteiger partial charge in [-0.2, -0.15) is 0 Å². The van der Waals surface area contributed by atoms with E-state index in [1.807, 2.05) is 37.3 Å². The minimum atomic E-state index is -3.63. The van der Waals surface area contributed by atoms with E-state index in [0.29, 0.717) is 40.0 Å². The van der Waals surface area contributed by atoms with Crippen LogP contribution >= 0.6 is 23.2 Å². The van der Waals surface area contributed by atoms with E-state index < -0.39 is 16.1 Å². The first-order valence-corrected chi connectivity index (χ1v) is 15.8. The first-order valence-electron chi connectivity index (χ1n) is 13.2. The zero-order valence-corrected chi connectivity index (χ0v) is 25.7. The number of carbonyl (C=O) groups is 2. The third-order valence-electron chi connectivity index (χ3n) is 6.45. The maximum Gasteiger partial charge on any atom is 0.243 e. The monoisotopic (exact) mass is 619 g/mol. The molecular weight excluding hydrogens is 585 g/mol. The van der Waals surface area contributed by atoms with Gasteiger partial charge in [0, 0.05) is 38.5 Å². The molecule has 220 valence electrons. The third kappa shape index (κ3) is 9.38. The summed E-state index contributed by atoms with van der Waals surface area (Å²) in [6.07, 6.45) is 1.67. The lowest BCUT2D eigenvalue weighted by Gasteiger charge is -2.32. The highest BCUT2D eigenvalue weighted by molar-refractivity contribution is 7.92. The Hall–Kier alpha value is -3.27. The van der Waals surface area contributed by atoms with Crippen LogP contribution in [0.25, 0.3) is 0 Å². The van der Waals surface area contributed by atoms with E-state index in [0.717, 1.165) is 11.8 Å². The van der Waals surface area contributed by atoms with Gasteiger partial charge >= 0.3 is 0 Å². The predicted molar refractivity (Wildman–Crippen MR) is 164 cm³/mol. The molecule has 0 spiro atoms. The van der Waals surface area contributed by atoms with Gasteiger partial charge in [0.15, 0.2) is 0 Å². The van der Waals surface area contributed by atoms with Gasteiger partial charge in [0.25, 0.3) is 0 Å². The Bertz CT molecular complexity index is 1440. The van der Waals surface area contributed by atoms with Crippen molar-refractivity contribution in [1.29, 1.82) is 0 Å². The van der Waals surface area contributed by atoms with Gasteiger partial charge in [-0.05, 0) is 48.7 Å². The Morgan fingerprint density at radius 3 is 2.32 bits per heavy atom. The summed E-state index contributed by atoms with van der Waals surface area (Å²) in [5.41, 5.74) is 2.05. The van der Waals surface area contributed by atoms with E-state index in [9.17, 15) is 18.0 Å². The van der Waals surface area contributed by atoms with Crippen molar-refractivity contribution >= 4 is 50.7 Å². The summed E-state index contributed by atoms with van der Waals surface area (Å²) >= 11 is 12.4. The van der Waals surface area contributed by atoms with Gasteiger partial charge in [0.05, 0.1) is 29.1 Å². The number of nitrogens with one attached hydrogen (secondary N) is 1. The van der Waals surface area contributed by atoms with Gasteiger partial charge < -0.3 is 15.0 Å². The quantitative estimate of drug-likeness (QED) is 0.263. The van der Waals surface area contributed by atoms with E-state index >= 15 is 0 Å². The summed E-state index contributed by atoms with van der Waals surface area (Å²) in [6, 6.07) is 20.5. The number of rotatable bonds is 14. The van der Waals surface area contributed by atoms with Crippen molar-refractivity contribution < 1.29 is 22.7 Å². The Kier molecular flexibility index (Phi) is 11.9. The molecule has 41 heavy (non-hydrogen) atoms. The molecule has 0 heterocycles. The number of nitrogens with zero attached hydrogens (tertiary/aromatic N) is 2. The number of hydrogen-bond donors (Lipinski definition) is 1. The molecule has 1 unspecified atom stereocenters. The van der Waals surface area contributed by atoms with Crippen molar-refractivity contribution in [2.45, 2.75) is 38.8 Å². The largest absolute Gasteiger partial charge is 0.497 e. The lowest BCUT2D eigenvalue weighted by molar-refractivity contribution is -0.141. The second kappa shape index (κ2) is 15.1. The molecule has 0 aliphatic rings. The zero-order valence-electron chi connectivity index (χ0n) is 23.3. The van der Waals surface area contributed by atoms with E-state index in [4.69, 9.17) is 27.9 Å². The lowest BCUT2D eigenvalue weighted by atomic mass is 10.0. The van der Waals surface area contributed by atoms with Gasteiger partial charge in [-0.1, -0.05) is 65.7 Å². The molecule has 1 N–H and O–H groups in total. The van der Waals surface area contributed by atoms with Crippen molar-refractivity contribution in [2.24, 2.45) is 0 Å². The Morgan fingerprint density at radius 1 is 0.951 bits per heavy atom. The topological polar surface area (TPSA) is 96.0 Å². The van der Waals surface area contributed by atoms with Gasteiger partial charge in [-0.25, -0.2) is 8.42 Å². The molecule has 0 aliphatic carbocycles. The summed E-state index contributed by atoms with van der Waals surface area (Å²) in [7, 11) is -2.13. The SMILES string of the molecule is CCNC(=O)C(Cc1ccccc1)N(Cc1ccc(Cl)c(Cl)c1)C(=O)CCCN(c1cccc(OC)c1)S(C)(=O)=O. The maximum absolute atomic E-state index is 13.8. The Labute approximate surface area is 252 Å². The summed E-state index contributed by atoms with van der Waals surface area (Å²) in [5, 5.41) is 3.58. The van der Waals surface area contributed by atoms with Crippen LogP contribution in [0.3, 0.4) is 0 Å². The van der Waals surface area contributed by atoms with Crippen LogP contribution in [-0.2, 0) is 32.6 Å². The van der Waals surface area contributed by atoms with E-state index in [1.165, 1.54) is 16.3 Å². The molecule has 0 aromatic heterocycles. The van der Waals surface area contributed by atoms with Gasteiger partial charge in [-0.15, -0.1) is 0 Å². The molecule has 0 aliphatic heterocycles. The molecule has 1 atom stereocenters. The van der Waals surface area contributed by atoms with Crippen LogP contribution in [0.2, 0.25) is 10.0 Å². The number of ether oxygens (including phenoxy) is 1. The molecule has 0 saturated heterocycles. The number of benzene rings is 3. The summed E-state index contributed by atoms with van der Waals surface area (Å²) < 4.78 is 31.7. The predicted octanol–water partition coefficient (Wildman–Crippen LogP) is 5.32. The normalized spacial score (nSPS) is 11.9. The molecule has 2 amide bonds. The van der Waals surface area contributed by atoms with Crippen molar-refractivity contribution in [1.82, 2.24) is 10.2 Å². The molecule has 3 aromatic carbocycles. The van der Waals surface area contributed by atoms with Crippen LogP contribution in [0.1, 0.15) is 30.9 Å². The van der Waals surface area contributed by atoms with Crippen LogP contribution in [0.4, 0.5) is 5.69 Å². The van der Waals surface area contributed by atoms with Crippen LogP contribution in [0, 0.1) is 0 Å². The van der Waals surface area contributed by atoms with E-state index in [-0.39, 0.29) is 37.7 Å². The van der Waals surface area contributed by atoms with Gasteiger partial charge in [0.1, 0.15) is 11.8 Å². The van der Waals surface area contributed by atoms with E-state index in [2.05, 4.69) is 5.32 Å².